The Kier molecular flexibility index (Phi) is 2.50. The van der Waals surface area contributed by atoms with Crippen molar-refractivity contribution in [1.29, 1.82) is 0 Å². The topological polar surface area (TPSA) is 41.6 Å². The molecule has 2 aromatic heterocycles. The second kappa shape index (κ2) is 3.80. The van der Waals surface area contributed by atoms with Gasteiger partial charge in [0.2, 0.25) is 0 Å². The average Bonchev–Trinajstić information content (AvgIpc) is 2.67. The van der Waals surface area contributed by atoms with Gasteiger partial charge in [-0.1, -0.05) is 6.07 Å². The van der Waals surface area contributed by atoms with Crippen LogP contribution in [0.1, 0.15) is 11.3 Å². The number of aromatic nitrogens is 3. The average molecular weight is 208 g/mol. The smallest absolute Gasteiger partial charge is 0.156 e. The summed E-state index contributed by atoms with van der Waals surface area (Å²) in [6, 6.07) is 3.91. The number of aromatic amines is 1. The van der Waals surface area contributed by atoms with Gasteiger partial charge in [-0.3, -0.25) is 4.98 Å². The van der Waals surface area contributed by atoms with Crippen molar-refractivity contribution < 1.29 is 0 Å². The number of H-pyrrole nitrogens is 1. The van der Waals surface area contributed by atoms with Crippen molar-refractivity contribution in [3.8, 4) is 11.5 Å². The molecule has 0 bridgehead atoms. The molecule has 0 aliphatic carbocycles. The normalized spacial score (nSPS) is 10.4. The van der Waals surface area contributed by atoms with Crippen LogP contribution in [0.2, 0.25) is 0 Å². The van der Waals surface area contributed by atoms with Gasteiger partial charge in [-0.15, -0.1) is 11.6 Å². The van der Waals surface area contributed by atoms with Crippen molar-refractivity contribution in [2.75, 3.05) is 0 Å². The van der Waals surface area contributed by atoms with E-state index in [9.17, 15) is 0 Å². The summed E-state index contributed by atoms with van der Waals surface area (Å²) >= 11 is 5.68. The number of aryl methyl sites for hydroxylation is 1. The first kappa shape index (κ1) is 9.21. The standard InChI is InChI=1S/C10H10ClN3/c1-7-3-2-4-12-9(7)10-13-6-8(5-11)14-10/h2-4,6H,5H2,1H3,(H,13,14). The third kappa shape index (κ3) is 1.63. The van der Waals surface area contributed by atoms with Crippen molar-refractivity contribution in [2.24, 2.45) is 0 Å². The Labute approximate surface area is 87.2 Å². The molecule has 2 aromatic rings. The van der Waals surface area contributed by atoms with Crippen molar-refractivity contribution in [1.82, 2.24) is 15.0 Å². The third-order valence-electron chi connectivity index (χ3n) is 2.01. The quantitative estimate of drug-likeness (QED) is 0.769. The number of hydrogen-bond donors (Lipinski definition) is 1. The Morgan fingerprint density at radius 2 is 2.29 bits per heavy atom. The van der Waals surface area contributed by atoms with Crippen LogP contribution in [-0.4, -0.2) is 15.0 Å². The monoisotopic (exact) mass is 207 g/mol. The van der Waals surface area contributed by atoms with Crippen LogP contribution < -0.4 is 0 Å². The van der Waals surface area contributed by atoms with Gasteiger partial charge in [0, 0.05) is 18.1 Å². The zero-order valence-electron chi connectivity index (χ0n) is 7.79. The van der Waals surface area contributed by atoms with Gasteiger partial charge in [-0.2, -0.15) is 0 Å². The molecule has 0 atom stereocenters. The fourth-order valence-electron chi connectivity index (χ4n) is 1.28. The minimum Gasteiger partial charge on any atom is -0.340 e. The van der Waals surface area contributed by atoms with Crippen molar-refractivity contribution in [3.05, 3.63) is 35.8 Å². The molecule has 2 rings (SSSR count). The van der Waals surface area contributed by atoms with Gasteiger partial charge in [0.1, 0.15) is 5.69 Å². The van der Waals surface area contributed by atoms with E-state index >= 15 is 0 Å². The molecule has 0 saturated carbocycles. The molecule has 0 spiro atoms. The highest BCUT2D eigenvalue weighted by Crippen LogP contribution is 2.17. The highest BCUT2D eigenvalue weighted by molar-refractivity contribution is 6.16. The molecule has 1 N–H and O–H groups in total. The fourth-order valence-corrected chi connectivity index (χ4v) is 1.42. The van der Waals surface area contributed by atoms with E-state index in [4.69, 9.17) is 11.6 Å². The highest BCUT2D eigenvalue weighted by atomic mass is 35.5. The van der Waals surface area contributed by atoms with E-state index in [1.165, 1.54) is 0 Å². The van der Waals surface area contributed by atoms with Gasteiger partial charge in [-0.25, -0.2) is 4.98 Å². The summed E-state index contributed by atoms with van der Waals surface area (Å²) < 4.78 is 0. The molecule has 0 saturated heterocycles. The largest absolute Gasteiger partial charge is 0.340 e. The Balaban J connectivity index is 2.44. The number of nitrogens with one attached hydrogen (secondary N) is 1. The molecule has 0 aliphatic heterocycles. The van der Waals surface area contributed by atoms with Crippen LogP contribution in [0, 0.1) is 6.92 Å². The van der Waals surface area contributed by atoms with Crippen molar-refractivity contribution >= 4 is 11.6 Å². The summed E-state index contributed by atoms with van der Waals surface area (Å²) in [6.45, 7) is 2.01. The minimum absolute atomic E-state index is 0.443. The maximum atomic E-state index is 5.68. The minimum atomic E-state index is 0.443. The van der Waals surface area contributed by atoms with E-state index in [0.717, 1.165) is 22.8 Å². The molecular weight excluding hydrogens is 198 g/mol. The van der Waals surface area contributed by atoms with Crippen LogP contribution >= 0.6 is 11.6 Å². The lowest BCUT2D eigenvalue weighted by molar-refractivity contribution is 1.17. The summed E-state index contributed by atoms with van der Waals surface area (Å²) in [6.07, 6.45) is 3.49. The van der Waals surface area contributed by atoms with Gasteiger partial charge in [0.15, 0.2) is 5.82 Å². The molecule has 0 aliphatic rings. The summed E-state index contributed by atoms with van der Waals surface area (Å²) in [5, 5.41) is 0. The second-order valence-corrected chi connectivity index (χ2v) is 3.33. The van der Waals surface area contributed by atoms with Crippen molar-refractivity contribution in [2.45, 2.75) is 12.8 Å². The first-order valence-corrected chi connectivity index (χ1v) is 4.86. The van der Waals surface area contributed by atoms with E-state index in [1.54, 1.807) is 12.4 Å². The molecule has 0 aromatic carbocycles. The van der Waals surface area contributed by atoms with E-state index in [2.05, 4.69) is 15.0 Å². The lowest BCUT2D eigenvalue weighted by Crippen LogP contribution is -1.89. The van der Waals surface area contributed by atoms with E-state index < -0.39 is 0 Å². The summed E-state index contributed by atoms with van der Waals surface area (Å²) in [4.78, 5) is 11.6. The Morgan fingerprint density at radius 3 is 2.93 bits per heavy atom. The van der Waals surface area contributed by atoms with Crippen LogP contribution in [0.15, 0.2) is 24.5 Å². The predicted octanol–water partition coefficient (Wildman–Crippen LogP) is 2.52. The number of nitrogens with zero attached hydrogens (tertiary/aromatic N) is 2. The summed E-state index contributed by atoms with van der Waals surface area (Å²) in [5.41, 5.74) is 2.89. The molecule has 0 amide bonds. The van der Waals surface area contributed by atoms with Crippen LogP contribution in [0.5, 0.6) is 0 Å². The molecule has 2 heterocycles. The number of imidazole rings is 1. The van der Waals surface area contributed by atoms with Crippen molar-refractivity contribution in [3.63, 3.8) is 0 Å². The Morgan fingerprint density at radius 1 is 1.43 bits per heavy atom. The Hall–Kier alpha value is -1.35. The van der Waals surface area contributed by atoms with Crippen LogP contribution in [-0.2, 0) is 5.88 Å². The first-order chi connectivity index (χ1) is 6.81. The first-order valence-electron chi connectivity index (χ1n) is 4.33. The lowest BCUT2D eigenvalue weighted by Gasteiger charge is -1.99. The number of alkyl halides is 1. The van der Waals surface area contributed by atoms with Crippen LogP contribution in [0.25, 0.3) is 11.5 Å². The van der Waals surface area contributed by atoms with Gasteiger partial charge in [0.25, 0.3) is 0 Å². The number of halogens is 1. The maximum absolute atomic E-state index is 5.68. The Bertz CT molecular complexity index is 436. The van der Waals surface area contributed by atoms with Gasteiger partial charge < -0.3 is 4.98 Å². The number of pyridine rings is 1. The molecular formula is C10H10ClN3. The van der Waals surface area contributed by atoms with Gasteiger partial charge in [-0.05, 0) is 18.6 Å². The number of rotatable bonds is 2. The fraction of sp³-hybridized carbons (Fsp3) is 0.200. The predicted molar refractivity (Wildman–Crippen MR) is 56.1 cm³/mol. The molecule has 14 heavy (non-hydrogen) atoms. The third-order valence-corrected chi connectivity index (χ3v) is 2.29. The molecule has 0 fully saturated rings. The highest BCUT2D eigenvalue weighted by Gasteiger charge is 2.06. The van der Waals surface area contributed by atoms with Gasteiger partial charge >= 0.3 is 0 Å². The molecule has 0 unspecified atom stereocenters. The lowest BCUT2D eigenvalue weighted by atomic mass is 10.2. The van der Waals surface area contributed by atoms with Crippen LogP contribution in [0.3, 0.4) is 0 Å². The maximum Gasteiger partial charge on any atom is 0.156 e. The SMILES string of the molecule is Cc1cccnc1-c1ncc(CCl)[nH]1. The van der Waals surface area contributed by atoms with E-state index in [0.29, 0.717) is 5.88 Å². The van der Waals surface area contributed by atoms with E-state index in [1.807, 2.05) is 19.1 Å². The second-order valence-electron chi connectivity index (χ2n) is 3.06. The summed E-state index contributed by atoms with van der Waals surface area (Å²) in [5.74, 6) is 1.22. The molecule has 72 valence electrons. The van der Waals surface area contributed by atoms with Gasteiger partial charge in [0.05, 0.1) is 5.88 Å². The van der Waals surface area contributed by atoms with E-state index in [-0.39, 0.29) is 0 Å². The summed E-state index contributed by atoms with van der Waals surface area (Å²) in [7, 11) is 0. The molecule has 3 nitrogen and oxygen atoms in total. The zero-order chi connectivity index (χ0) is 9.97. The molecule has 4 heteroatoms. The molecule has 0 radical (unpaired) electrons. The zero-order valence-corrected chi connectivity index (χ0v) is 8.54. The van der Waals surface area contributed by atoms with Crippen LogP contribution in [0.4, 0.5) is 0 Å². The number of hydrogen-bond acceptors (Lipinski definition) is 2.